The molecule has 0 aromatic rings. The van der Waals surface area contributed by atoms with Crippen molar-refractivity contribution in [3.8, 4) is 0 Å². The lowest BCUT2D eigenvalue weighted by molar-refractivity contribution is -0.0664. The van der Waals surface area contributed by atoms with Crippen LogP contribution >= 0.6 is 0 Å². The first kappa shape index (κ1) is 19.5. The van der Waals surface area contributed by atoms with Gasteiger partial charge in [0.2, 0.25) is 0 Å². The summed E-state index contributed by atoms with van der Waals surface area (Å²) in [5, 5.41) is 0. The molecule has 0 saturated carbocycles. The molecule has 0 radical (unpaired) electrons. The van der Waals surface area contributed by atoms with Gasteiger partial charge in [-0.25, -0.2) is 9.59 Å². The number of hydrogen-bond donors (Lipinski definition) is 0. The molecule has 0 heterocycles. The van der Waals surface area contributed by atoms with Crippen molar-refractivity contribution in [2.75, 3.05) is 27.0 Å². The summed E-state index contributed by atoms with van der Waals surface area (Å²) in [5.74, 6) is 0. The number of nitrogens with zero attached hydrogens (tertiary/aromatic N) is 1. The molecule has 0 unspecified atom stereocenters. The highest BCUT2D eigenvalue weighted by atomic mass is 16.8. The Balaban J connectivity index is 3.70. The van der Waals surface area contributed by atoms with E-state index in [1.807, 2.05) is 13.8 Å². The highest BCUT2D eigenvalue weighted by Crippen LogP contribution is 2.09. The summed E-state index contributed by atoms with van der Waals surface area (Å²) >= 11 is 0. The van der Waals surface area contributed by atoms with Crippen molar-refractivity contribution in [1.29, 1.82) is 0 Å². The second-order valence-electron chi connectivity index (χ2n) is 5.83. The van der Waals surface area contributed by atoms with Crippen LogP contribution in [-0.4, -0.2) is 55.8 Å². The summed E-state index contributed by atoms with van der Waals surface area (Å²) < 4.78 is 19.8. The van der Waals surface area contributed by atoms with Gasteiger partial charge in [0.15, 0.2) is 6.79 Å². The number of rotatable bonds is 7. The van der Waals surface area contributed by atoms with E-state index in [1.165, 1.54) is 4.90 Å². The summed E-state index contributed by atoms with van der Waals surface area (Å²) in [4.78, 5) is 24.2. The molecule has 0 rings (SSSR count). The molecule has 0 saturated heterocycles. The van der Waals surface area contributed by atoms with E-state index >= 15 is 0 Å². The van der Waals surface area contributed by atoms with Crippen LogP contribution in [0.4, 0.5) is 9.59 Å². The second-order valence-corrected chi connectivity index (χ2v) is 5.83. The van der Waals surface area contributed by atoms with Gasteiger partial charge in [-0.15, -0.1) is 0 Å². The third-order valence-electron chi connectivity index (χ3n) is 2.14. The Labute approximate surface area is 126 Å². The maximum absolute atomic E-state index is 11.6. The van der Waals surface area contributed by atoms with Crippen molar-refractivity contribution in [2.45, 2.75) is 52.7 Å². The van der Waals surface area contributed by atoms with Crippen molar-refractivity contribution < 1.29 is 28.5 Å². The molecule has 0 aliphatic carbocycles. The number of carbonyl (C=O) groups excluding carboxylic acids is 2. The lowest BCUT2D eigenvalue weighted by Gasteiger charge is -2.24. The Morgan fingerprint density at radius 3 is 2.29 bits per heavy atom. The van der Waals surface area contributed by atoms with Crippen LogP contribution in [0.15, 0.2) is 0 Å². The van der Waals surface area contributed by atoms with E-state index < -0.39 is 17.8 Å². The fourth-order valence-electron chi connectivity index (χ4n) is 1.15. The first-order valence-corrected chi connectivity index (χ1v) is 6.97. The van der Waals surface area contributed by atoms with Crippen LogP contribution in [-0.2, 0) is 18.9 Å². The lowest BCUT2D eigenvalue weighted by Crippen LogP contribution is -2.35. The Kier molecular flexibility index (Phi) is 8.76. The van der Waals surface area contributed by atoms with Gasteiger partial charge in [-0.05, 0) is 41.0 Å². The summed E-state index contributed by atoms with van der Waals surface area (Å²) in [6.07, 6.45) is -0.707. The molecule has 0 aliphatic heterocycles. The zero-order valence-electron chi connectivity index (χ0n) is 13.8. The Bertz CT molecular complexity index is 324. The molecule has 124 valence electrons. The van der Waals surface area contributed by atoms with E-state index in [1.54, 1.807) is 27.8 Å². The zero-order chi connectivity index (χ0) is 16.5. The van der Waals surface area contributed by atoms with Gasteiger partial charge < -0.3 is 23.8 Å². The maximum Gasteiger partial charge on any atom is 0.510 e. The van der Waals surface area contributed by atoms with Crippen molar-refractivity contribution in [3.63, 3.8) is 0 Å². The number of ether oxygens (including phenoxy) is 4. The molecular weight excluding hydrogens is 278 g/mol. The highest BCUT2D eigenvalue weighted by molar-refractivity contribution is 5.67. The maximum atomic E-state index is 11.6. The van der Waals surface area contributed by atoms with Crippen molar-refractivity contribution in [1.82, 2.24) is 4.90 Å². The smallest absolute Gasteiger partial charge is 0.444 e. The third kappa shape index (κ3) is 12.0. The van der Waals surface area contributed by atoms with Gasteiger partial charge in [-0.3, -0.25) is 0 Å². The molecule has 0 atom stereocenters. The molecule has 7 heteroatoms. The molecule has 21 heavy (non-hydrogen) atoms. The minimum Gasteiger partial charge on any atom is -0.444 e. The molecule has 1 amide bonds. The van der Waals surface area contributed by atoms with Crippen LogP contribution in [0.25, 0.3) is 0 Å². The predicted octanol–water partition coefficient (Wildman–Crippen LogP) is 2.78. The van der Waals surface area contributed by atoms with Crippen molar-refractivity contribution in [3.05, 3.63) is 0 Å². The largest absolute Gasteiger partial charge is 0.510 e. The number of amides is 1. The van der Waals surface area contributed by atoms with Gasteiger partial charge in [-0.2, -0.15) is 0 Å². The van der Waals surface area contributed by atoms with Crippen LogP contribution < -0.4 is 0 Å². The lowest BCUT2D eigenvalue weighted by atomic mass is 10.2. The zero-order valence-corrected chi connectivity index (χ0v) is 13.8. The van der Waals surface area contributed by atoms with Gasteiger partial charge in [-0.1, -0.05) is 0 Å². The summed E-state index contributed by atoms with van der Waals surface area (Å²) in [6.45, 7) is 9.53. The minimum absolute atomic E-state index is 0.0136. The summed E-state index contributed by atoms with van der Waals surface area (Å²) in [7, 11) is 1.63. The van der Waals surface area contributed by atoms with Crippen LogP contribution in [0, 0.1) is 0 Å². The number of carbonyl (C=O) groups is 2. The molecule has 0 aromatic heterocycles. The normalized spacial score (nSPS) is 11.2. The van der Waals surface area contributed by atoms with Gasteiger partial charge in [0.25, 0.3) is 0 Å². The third-order valence-corrected chi connectivity index (χ3v) is 2.14. The van der Waals surface area contributed by atoms with Crippen LogP contribution in [0.1, 0.15) is 41.0 Å². The van der Waals surface area contributed by atoms with E-state index in [2.05, 4.69) is 4.74 Å². The molecule has 0 fully saturated rings. The Morgan fingerprint density at radius 2 is 1.76 bits per heavy atom. The standard InChI is InChI=1S/C14H27NO6/c1-11(2)19-10-20-13(17)18-9-7-8-15(6)12(16)21-14(3,4)5/h11H,7-10H2,1-6H3. The highest BCUT2D eigenvalue weighted by Gasteiger charge is 2.19. The minimum atomic E-state index is -0.782. The van der Waals surface area contributed by atoms with Crippen LogP contribution in [0.3, 0.4) is 0 Å². The predicted molar refractivity (Wildman–Crippen MR) is 77.0 cm³/mol. The van der Waals surface area contributed by atoms with E-state index in [0.717, 1.165) is 0 Å². The average Bonchev–Trinajstić information content (AvgIpc) is 2.31. The molecule has 0 aliphatic rings. The van der Waals surface area contributed by atoms with E-state index in [4.69, 9.17) is 14.2 Å². The molecule has 0 bridgehead atoms. The van der Waals surface area contributed by atoms with Crippen LogP contribution in [0.2, 0.25) is 0 Å². The Morgan fingerprint density at radius 1 is 1.14 bits per heavy atom. The summed E-state index contributed by atoms with van der Waals surface area (Å²) in [5.41, 5.74) is -0.526. The number of hydrogen-bond acceptors (Lipinski definition) is 6. The molecule has 0 N–H and O–H groups in total. The fourth-order valence-corrected chi connectivity index (χ4v) is 1.15. The SMILES string of the molecule is CC(C)OCOC(=O)OCCCN(C)C(=O)OC(C)(C)C. The van der Waals surface area contributed by atoms with Crippen LogP contribution in [0.5, 0.6) is 0 Å². The first-order valence-electron chi connectivity index (χ1n) is 6.97. The van der Waals surface area contributed by atoms with Gasteiger partial charge in [0.05, 0.1) is 12.7 Å². The van der Waals surface area contributed by atoms with E-state index in [-0.39, 0.29) is 19.5 Å². The quantitative estimate of drug-likeness (QED) is 0.409. The molecule has 0 spiro atoms. The second kappa shape index (κ2) is 9.44. The van der Waals surface area contributed by atoms with Crippen molar-refractivity contribution >= 4 is 12.2 Å². The topological polar surface area (TPSA) is 74.3 Å². The molecular formula is C14H27NO6. The average molecular weight is 305 g/mol. The van der Waals surface area contributed by atoms with E-state index in [0.29, 0.717) is 13.0 Å². The first-order chi connectivity index (χ1) is 9.61. The van der Waals surface area contributed by atoms with Gasteiger partial charge in [0, 0.05) is 13.6 Å². The monoisotopic (exact) mass is 305 g/mol. The van der Waals surface area contributed by atoms with E-state index in [9.17, 15) is 9.59 Å². The van der Waals surface area contributed by atoms with Gasteiger partial charge in [0.1, 0.15) is 5.60 Å². The molecule has 7 nitrogen and oxygen atoms in total. The summed E-state index contributed by atoms with van der Waals surface area (Å²) in [6, 6.07) is 0. The fraction of sp³-hybridized carbons (Fsp3) is 0.857. The van der Waals surface area contributed by atoms with Gasteiger partial charge >= 0.3 is 12.2 Å². The van der Waals surface area contributed by atoms with Crippen molar-refractivity contribution in [2.24, 2.45) is 0 Å². The molecule has 0 aromatic carbocycles. The Hall–Kier alpha value is -1.50.